The predicted octanol–water partition coefficient (Wildman–Crippen LogP) is 3.94. The molecular formula is C26H24FN5O2. The Kier molecular flexibility index (Phi) is 6.03. The van der Waals surface area contributed by atoms with E-state index in [1.54, 1.807) is 30.6 Å². The molecule has 0 radical (unpaired) electrons. The quantitative estimate of drug-likeness (QED) is 0.426. The van der Waals surface area contributed by atoms with Gasteiger partial charge in [0.1, 0.15) is 11.6 Å². The Morgan fingerprint density at radius 1 is 1.06 bits per heavy atom. The van der Waals surface area contributed by atoms with Gasteiger partial charge in [-0.2, -0.15) is 0 Å². The van der Waals surface area contributed by atoms with E-state index < -0.39 is 0 Å². The molecule has 2 aromatic heterocycles. The molecule has 1 N–H and O–H groups in total. The van der Waals surface area contributed by atoms with Crippen LogP contribution in [-0.2, 0) is 4.79 Å². The monoisotopic (exact) mass is 457 g/mol. The van der Waals surface area contributed by atoms with Crippen molar-refractivity contribution >= 4 is 17.3 Å². The van der Waals surface area contributed by atoms with E-state index >= 15 is 0 Å². The minimum absolute atomic E-state index is 0.148. The molecule has 0 bridgehead atoms. The number of nitrogens with zero attached hydrogens (tertiary/aromatic N) is 4. The highest BCUT2D eigenvalue weighted by molar-refractivity contribution is 5.94. The van der Waals surface area contributed by atoms with E-state index in [-0.39, 0.29) is 17.6 Å². The summed E-state index contributed by atoms with van der Waals surface area (Å²) in [5.41, 5.74) is 3.54. The van der Waals surface area contributed by atoms with Crippen LogP contribution in [0.15, 0.2) is 67.1 Å². The number of carbonyl (C=O) groups is 2. The second-order valence-corrected chi connectivity index (χ2v) is 8.33. The van der Waals surface area contributed by atoms with Crippen LogP contribution in [0.2, 0.25) is 0 Å². The van der Waals surface area contributed by atoms with Gasteiger partial charge in [-0.15, -0.1) is 0 Å². The van der Waals surface area contributed by atoms with Crippen molar-refractivity contribution < 1.29 is 14.0 Å². The fourth-order valence-corrected chi connectivity index (χ4v) is 4.19. The van der Waals surface area contributed by atoms with Crippen molar-refractivity contribution in [3.05, 3.63) is 78.5 Å². The molecule has 5 rings (SSSR count). The molecule has 34 heavy (non-hydrogen) atoms. The molecule has 7 nitrogen and oxygen atoms in total. The molecule has 1 aliphatic rings. The van der Waals surface area contributed by atoms with Crippen molar-refractivity contribution in [3.8, 4) is 22.6 Å². The first kappa shape index (κ1) is 21.8. The number of carbonyl (C=O) groups excluding carboxylic acids is 2. The second-order valence-electron chi connectivity index (χ2n) is 8.33. The van der Waals surface area contributed by atoms with Crippen molar-refractivity contribution in [2.75, 3.05) is 19.6 Å². The van der Waals surface area contributed by atoms with E-state index in [0.29, 0.717) is 42.2 Å². The SMILES string of the molecule is O=C(NCCCN1CCCC1=O)c1ccc(-c2ncc3cnc(-c4cccc(F)c4)cn23)cc1. The largest absolute Gasteiger partial charge is 0.352 e. The Balaban J connectivity index is 1.27. The first-order chi connectivity index (χ1) is 16.6. The number of benzene rings is 2. The fourth-order valence-electron chi connectivity index (χ4n) is 4.19. The zero-order chi connectivity index (χ0) is 23.5. The van der Waals surface area contributed by atoms with Gasteiger partial charge in [-0.25, -0.2) is 9.37 Å². The lowest BCUT2D eigenvalue weighted by atomic mass is 10.1. The smallest absolute Gasteiger partial charge is 0.251 e. The van der Waals surface area contributed by atoms with Crippen LogP contribution in [0.3, 0.4) is 0 Å². The molecule has 0 atom stereocenters. The van der Waals surface area contributed by atoms with Crippen molar-refractivity contribution in [1.29, 1.82) is 0 Å². The van der Waals surface area contributed by atoms with Crippen LogP contribution >= 0.6 is 0 Å². The molecule has 172 valence electrons. The minimum atomic E-state index is -0.316. The molecule has 1 fully saturated rings. The van der Waals surface area contributed by atoms with E-state index in [2.05, 4.69) is 15.3 Å². The van der Waals surface area contributed by atoms with Gasteiger partial charge in [-0.1, -0.05) is 24.3 Å². The molecular weight excluding hydrogens is 433 g/mol. The Bertz CT molecular complexity index is 1350. The number of likely N-dealkylation sites (tertiary alicyclic amines) is 1. The summed E-state index contributed by atoms with van der Waals surface area (Å²) in [6, 6.07) is 13.6. The van der Waals surface area contributed by atoms with E-state index in [0.717, 1.165) is 30.5 Å². The molecule has 2 amide bonds. The highest BCUT2D eigenvalue weighted by atomic mass is 19.1. The number of nitrogens with one attached hydrogen (secondary N) is 1. The number of hydrogen-bond acceptors (Lipinski definition) is 4. The van der Waals surface area contributed by atoms with Gasteiger partial charge in [-0.05, 0) is 37.1 Å². The number of fused-ring (bicyclic) bond motifs is 1. The molecule has 3 heterocycles. The van der Waals surface area contributed by atoms with Crippen molar-refractivity contribution in [2.45, 2.75) is 19.3 Å². The van der Waals surface area contributed by atoms with Gasteiger partial charge in [0, 0.05) is 48.9 Å². The third-order valence-corrected chi connectivity index (χ3v) is 6.00. The zero-order valence-electron chi connectivity index (χ0n) is 18.6. The van der Waals surface area contributed by atoms with Gasteiger partial charge >= 0.3 is 0 Å². The maximum atomic E-state index is 13.6. The van der Waals surface area contributed by atoms with Crippen LogP contribution in [0.5, 0.6) is 0 Å². The molecule has 1 saturated heterocycles. The van der Waals surface area contributed by atoms with Gasteiger partial charge in [0.25, 0.3) is 5.91 Å². The summed E-state index contributed by atoms with van der Waals surface area (Å²) in [7, 11) is 0. The van der Waals surface area contributed by atoms with Gasteiger partial charge < -0.3 is 10.2 Å². The van der Waals surface area contributed by atoms with Crippen LogP contribution in [0.1, 0.15) is 29.6 Å². The maximum Gasteiger partial charge on any atom is 0.251 e. The third-order valence-electron chi connectivity index (χ3n) is 6.00. The molecule has 0 aliphatic carbocycles. The first-order valence-electron chi connectivity index (χ1n) is 11.3. The number of rotatable bonds is 7. The number of hydrogen-bond donors (Lipinski definition) is 1. The van der Waals surface area contributed by atoms with Gasteiger partial charge in [0.2, 0.25) is 5.91 Å². The molecule has 0 unspecified atom stereocenters. The van der Waals surface area contributed by atoms with Crippen LogP contribution < -0.4 is 5.32 Å². The summed E-state index contributed by atoms with van der Waals surface area (Å²) in [6.07, 6.45) is 7.55. The van der Waals surface area contributed by atoms with Crippen LogP contribution in [-0.4, -0.2) is 50.7 Å². The molecule has 1 aliphatic heterocycles. The van der Waals surface area contributed by atoms with Crippen LogP contribution in [0, 0.1) is 5.82 Å². The summed E-state index contributed by atoms with van der Waals surface area (Å²) in [5, 5.41) is 2.92. The molecule has 0 saturated carbocycles. The summed E-state index contributed by atoms with van der Waals surface area (Å²) in [5.74, 6) is 0.443. The number of halogens is 1. The lowest BCUT2D eigenvalue weighted by Crippen LogP contribution is -2.30. The van der Waals surface area contributed by atoms with Crippen LogP contribution in [0.25, 0.3) is 28.2 Å². The average molecular weight is 458 g/mol. The third kappa shape index (κ3) is 4.52. The maximum absolute atomic E-state index is 13.6. The molecule has 4 aromatic rings. The summed E-state index contributed by atoms with van der Waals surface area (Å²) >= 11 is 0. The Morgan fingerprint density at radius 3 is 2.65 bits per heavy atom. The van der Waals surface area contributed by atoms with Crippen molar-refractivity contribution in [1.82, 2.24) is 24.6 Å². The Labute approximate surface area is 196 Å². The van der Waals surface area contributed by atoms with E-state index in [4.69, 9.17) is 0 Å². The topological polar surface area (TPSA) is 79.6 Å². The summed E-state index contributed by atoms with van der Waals surface area (Å²) in [4.78, 5) is 34.9. The standard InChI is InChI=1S/C26H24FN5O2/c27-21-5-1-4-20(14-21)23-17-32-22(15-29-23)16-30-25(32)18-7-9-19(10-8-18)26(34)28-11-3-13-31-12-2-6-24(31)33/h1,4-5,7-10,14-17H,2-3,6,11-13H2,(H,28,34). The molecule has 8 heteroatoms. The first-order valence-corrected chi connectivity index (χ1v) is 11.3. The number of imidazole rings is 1. The number of aromatic nitrogens is 3. The van der Waals surface area contributed by atoms with Gasteiger partial charge in [-0.3, -0.25) is 19.0 Å². The predicted molar refractivity (Wildman–Crippen MR) is 127 cm³/mol. The number of amides is 2. The van der Waals surface area contributed by atoms with E-state index in [9.17, 15) is 14.0 Å². The Morgan fingerprint density at radius 2 is 1.88 bits per heavy atom. The van der Waals surface area contributed by atoms with Gasteiger partial charge in [0.05, 0.1) is 23.6 Å². The van der Waals surface area contributed by atoms with Crippen molar-refractivity contribution in [3.63, 3.8) is 0 Å². The van der Waals surface area contributed by atoms with Gasteiger partial charge in [0.15, 0.2) is 0 Å². The minimum Gasteiger partial charge on any atom is -0.352 e. The molecule has 2 aromatic carbocycles. The van der Waals surface area contributed by atoms with Crippen molar-refractivity contribution in [2.24, 2.45) is 0 Å². The summed E-state index contributed by atoms with van der Waals surface area (Å²) in [6.45, 7) is 2.01. The molecule has 0 spiro atoms. The normalized spacial score (nSPS) is 13.6. The van der Waals surface area contributed by atoms with E-state index in [1.807, 2.05) is 33.7 Å². The Hall–Kier alpha value is -4.07. The zero-order valence-corrected chi connectivity index (χ0v) is 18.6. The lowest BCUT2D eigenvalue weighted by molar-refractivity contribution is -0.127. The van der Waals surface area contributed by atoms with E-state index in [1.165, 1.54) is 12.1 Å². The van der Waals surface area contributed by atoms with Crippen LogP contribution in [0.4, 0.5) is 4.39 Å². The second kappa shape index (κ2) is 9.43. The lowest BCUT2D eigenvalue weighted by Gasteiger charge is -2.15. The highest BCUT2D eigenvalue weighted by Crippen LogP contribution is 2.24. The summed E-state index contributed by atoms with van der Waals surface area (Å²) < 4.78 is 15.5. The average Bonchev–Trinajstić information content (AvgIpc) is 3.47. The highest BCUT2D eigenvalue weighted by Gasteiger charge is 2.19. The fraction of sp³-hybridized carbons (Fsp3) is 0.231.